The van der Waals surface area contributed by atoms with Gasteiger partial charge in [-0.15, -0.1) is 0 Å². The van der Waals surface area contributed by atoms with Crippen molar-refractivity contribution in [3.05, 3.63) is 0 Å². The molecule has 19 heteroatoms. The number of unbranched alkanes of at least 4 members (excludes halogenated alkanes) is 47. The summed E-state index contributed by atoms with van der Waals surface area (Å²) in [6.45, 7) is 7.23. The third-order valence-electron chi connectivity index (χ3n) is 17.5. The zero-order valence-electron chi connectivity index (χ0n) is 61.1. The van der Waals surface area contributed by atoms with Gasteiger partial charge in [-0.3, -0.25) is 37.3 Å². The smallest absolute Gasteiger partial charge is 0.462 e. The molecule has 5 atom stereocenters. The molecule has 0 spiro atoms. The first-order valence-corrected chi connectivity index (χ1v) is 42.1. The first kappa shape index (κ1) is 92.1. The Bertz CT molecular complexity index is 1810. The molecule has 17 nitrogen and oxygen atoms in total. The molecule has 0 bridgehead atoms. The van der Waals surface area contributed by atoms with E-state index in [-0.39, 0.29) is 25.7 Å². The van der Waals surface area contributed by atoms with E-state index >= 15 is 0 Å². The van der Waals surface area contributed by atoms with E-state index in [2.05, 4.69) is 34.6 Å². The van der Waals surface area contributed by atoms with Crippen LogP contribution in [0.5, 0.6) is 0 Å². The van der Waals surface area contributed by atoms with Crippen LogP contribution >= 0.6 is 15.6 Å². The molecule has 0 saturated carbocycles. The molecule has 2 unspecified atom stereocenters. The van der Waals surface area contributed by atoms with Gasteiger partial charge in [-0.2, -0.15) is 0 Å². The highest BCUT2D eigenvalue weighted by Gasteiger charge is 2.30. The lowest BCUT2D eigenvalue weighted by Crippen LogP contribution is -2.30. The third-order valence-corrected chi connectivity index (χ3v) is 19.4. The van der Waals surface area contributed by atoms with Crippen molar-refractivity contribution in [2.45, 2.75) is 412 Å². The second-order valence-corrected chi connectivity index (χ2v) is 30.4. The summed E-state index contributed by atoms with van der Waals surface area (Å²) in [4.78, 5) is 72.7. The molecular formula is C75H146O17P2. The first-order valence-electron chi connectivity index (χ1n) is 39.1. The fourth-order valence-corrected chi connectivity index (χ4v) is 13.1. The van der Waals surface area contributed by atoms with Crippen LogP contribution < -0.4 is 0 Å². The van der Waals surface area contributed by atoms with E-state index < -0.39 is 97.5 Å². The molecule has 94 heavy (non-hydrogen) atoms. The Hall–Kier alpha value is -1.94. The molecule has 0 fully saturated rings. The number of phosphoric ester groups is 2. The van der Waals surface area contributed by atoms with E-state index in [4.69, 9.17) is 37.0 Å². The number of hydrogen-bond acceptors (Lipinski definition) is 15. The van der Waals surface area contributed by atoms with E-state index in [1.165, 1.54) is 212 Å². The van der Waals surface area contributed by atoms with Crippen LogP contribution in [0.15, 0.2) is 0 Å². The van der Waals surface area contributed by atoms with Gasteiger partial charge in [0.25, 0.3) is 0 Å². The molecule has 0 aliphatic carbocycles. The summed E-state index contributed by atoms with van der Waals surface area (Å²) in [5, 5.41) is 10.6. The SMILES string of the molecule is CCCCCCCCCCCCCCCCCCCCC(=O)O[C@H](COC(=O)CCCCCCCCCCCCCCCC)COP(=O)(O)OC[C@@H](O)COP(=O)(O)OC[C@@H](COC(=O)CCCCCCCCCC(C)C)OC(=O)CCCCCCCCCCCCCC. The number of phosphoric acid groups is 2. The number of hydrogen-bond donors (Lipinski definition) is 3. The lowest BCUT2D eigenvalue weighted by molar-refractivity contribution is -0.161. The van der Waals surface area contributed by atoms with Crippen LogP contribution in [-0.4, -0.2) is 96.7 Å². The van der Waals surface area contributed by atoms with Crippen LogP contribution in [-0.2, 0) is 65.4 Å². The molecule has 0 aromatic rings. The number of ether oxygens (including phenoxy) is 4. The number of carbonyl (C=O) groups is 4. The Balaban J connectivity index is 5.23. The van der Waals surface area contributed by atoms with Crippen LogP contribution in [0, 0.1) is 5.92 Å². The van der Waals surface area contributed by atoms with E-state index in [9.17, 15) is 43.2 Å². The van der Waals surface area contributed by atoms with Gasteiger partial charge in [-0.1, -0.05) is 343 Å². The number of esters is 4. The van der Waals surface area contributed by atoms with Crippen LogP contribution in [0.1, 0.15) is 394 Å². The van der Waals surface area contributed by atoms with Crippen molar-refractivity contribution >= 4 is 39.5 Å². The molecule has 0 heterocycles. The molecular weight excluding hydrogens is 1230 g/mol. The highest BCUT2D eigenvalue weighted by molar-refractivity contribution is 7.47. The monoisotopic (exact) mass is 1380 g/mol. The van der Waals surface area contributed by atoms with E-state index in [0.29, 0.717) is 31.6 Å². The van der Waals surface area contributed by atoms with Gasteiger partial charge in [-0.05, 0) is 31.6 Å². The summed E-state index contributed by atoms with van der Waals surface area (Å²) in [5.74, 6) is -1.41. The van der Waals surface area contributed by atoms with Gasteiger partial charge in [0.15, 0.2) is 12.2 Å². The van der Waals surface area contributed by atoms with E-state index in [1.807, 2.05) is 0 Å². The molecule has 0 aliphatic rings. The number of aliphatic hydroxyl groups excluding tert-OH is 1. The lowest BCUT2D eigenvalue weighted by Gasteiger charge is -2.21. The molecule has 558 valence electrons. The largest absolute Gasteiger partial charge is 0.472 e. The highest BCUT2D eigenvalue weighted by atomic mass is 31.2. The van der Waals surface area contributed by atoms with Gasteiger partial charge in [0, 0.05) is 25.7 Å². The van der Waals surface area contributed by atoms with E-state index in [1.54, 1.807) is 0 Å². The average molecular weight is 1380 g/mol. The third kappa shape index (κ3) is 68.6. The molecule has 0 rings (SSSR count). The van der Waals surface area contributed by atoms with Crippen molar-refractivity contribution in [1.29, 1.82) is 0 Å². The fraction of sp³-hybridized carbons (Fsp3) is 0.947. The maximum Gasteiger partial charge on any atom is 0.472 e. The molecule has 0 saturated heterocycles. The Kier molecular flexibility index (Phi) is 66.8. The van der Waals surface area contributed by atoms with Crippen LogP contribution in [0.2, 0.25) is 0 Å². The highest BCUT2D eigenvalue weighted by Crippen LogP contribution is 2.45. The molecule has 0 aromatic carbocycles. The Morgan fingerprint density at radius 3 is 0.723 bits per heavy atom. The van der Waals surface area contributed by atoms with Gasteiger partial charge < -0.3 is 33.8 Å². The van der Waals surface area contributed by atoms with E-state index in [0.717, 1.165) is 96.3 Å². The van der Waals surface area contributed by atoms with Crippen molar-refractivity contribution in [3.8, 4) is 0 Å². The topological polar surface area (TPSA) is 237 Å². The maximum atomic E-state index is 13.1. The standard InChI is InChI=1S/C75H146O17P2/c1-6-9-12-15-18-21-24-27-29-30-31-32-34-37-40-45-51-56-61-75(80)91-70(64-85-72(77)58-53-48-43-38-36-33-28-25-22-19-16-13-10-7-2)66-89-93(81,82)87-62-69(76)63-88-94(83,84)90-67-71(65-86-73(78)59-54-49-46-41-42-47-52-57-68(4)5)92-74(79)60-55-50-44-39-35-26-23-20-17-14-11-8-3/h68-71,76H,6-67H2,1-5H3,(H,81,82)(H,83,84)/t69-,70-,71-/m1/s1. The summed E-state index contributed by atoms with van der Waals surface area (Å²) in [7, 11) is -9.91. The molecule has 3 N–H and O–H groups in total. The normalized spacial score (nSPS) is 14.0. The van der Waals surface area contributed by atoms with Crippen molar-refractivity contribution in [3.63, 3.8) is 0 Å². The second kappa shape index (κ2) is 68.2. The Morgan fingerprint density at radius 2 is 0.489 bits per heavy atom. The quantitative estimate of drug-likeness (QED) is 0.0222. The van der Waals surface area contributed by atoms with Crippen molar-refractivity contribution < 1.29 is 80.2 Å². The summed E-state index contributed by atoms with van der Waals surface area (Å²) in [6.07, 6.45) is 56.9. The van der Waals surface area contributed by atoms with Crippen LogP contribution in [0.25, 0.3) is 0 Å². The van der Waals surface area contributed by atoms with Gasteiger partial charge in [0.2, 0.25) is 0 Å². The van der Waals surface area contributed by atoms with Gasteiger partial charge >= 0.3 is 39.5 Å². The second-order valence-electron chi connectivity index (χ2n) is 27.5. The van der Waals surface area contributed by atoms with Gasteiger partial charge in [-0.25, -0.2) is 9.13 Å². The summed E-state index contributed by atoms with van der Waals surface area (Å²) < 4.78 is 68.5. The average Bonchev–Trinajstić information content (AvgIpc) is 1.29. The zero-order valence-corrected chi connectivity index (χ0v) is 62.9. The van der Waals surface area contributed by atoms with Crippen molar-refractivity contribution in [1.82, 2.24) is 0 Å². The lowest BCUT2D eigenvalue weighted by atomic mass is 10.0. The molecule has 0 aromatic heterocycles. The number of carbonyl (C=O) groups excluding carboxylic acids is 4. The minimum absolute atomic E-state index is 0.107. The maximum absolute atomic E-state index is 13.1. The molecule has 0 radical (unpaired) electrons. The minimum Gasteiger partial charge on any atom is -0.462 e. The van der Waals surface area contributed by atoms with Crippen LogP contribution in [0.3, 0.4) is 0 Å². The summed E-state index contributed by atoms with van der Waals surface area (Å²) >= 11 is 0. The van der Waals surface area contributed by atoms with Crippen molar-refractivity contribution in [2.24, 2.45) is 5.92 Å². The van der Waals surface area contributed by atoms with Crippen LogP contribution in [0.4, 0.5) is 0 Å². The predicted octanol–water partition coefficient (Wildman–Crippen LogP) is 22.1. The molecule has 0 amide bonds. The summed E-state index contributed by atoms with van der Waals surface area (Å²) in [6, 6.07) is 0. The molecule has 0 aliphatic heterocycles. The Morgan fingerprint density at radius 1 is 0.287 bits per heavy atom. The number of aliphatic hydroxyl groups is 1. The fourth-order valence-electron chi connectivity index (χ4n) is 11.5. The van der Waals surface area contributed by atoms with Crippen molar-refractivity contribution in [2.75, 3.05) is 39.6 Å². The summed E-state index contributed by atoms with van der Waals surface area (Å²) in [5.41, 5.74) is 0. The zero-order chi connectivity index (χ0) is 69.1. The predicted molar refractivity (Wildman–Crippen MR) is 382 cm³/mol. The number of rotatable bonds is 75. The Labute approximate surface area is 575 Å². The van der Waals surface area contributed by atoms with Gasteiger partial charge in [0.1, 0.15) is 19.3 Å². The van der Waals surface area contributed by atoms with Gasteiger partial charge in [0.05, 0.1) is 26.4 Å². The minimum atomic E-state index is -4.96. The first-order chi connectivity index (χ1) is 45.5.